The third-order valence-electron chi connectivity index (χ3n) is 4.13. The van der Waals surface area contributed by atoms with E-state index in [2.05, 4.69) is 52.3 Å². The highest BCUT2D eigenvalue weighted by molar-refractivity contribution is 7.11. The minimum Gasteiger partial charge on any atom is -0.303 e. The van der Waals surface area contributed by atoms with Crippen LogP contribution < -0.4 is 5.32 Å². The highest BCUT2D eigenvalue weighted by Crippen LogP contribution is 2.29. The van der Waals surface area contributed by atoms with E-state index in [1.54, 1.807) is 0 Å². The number of likely N-dealkylation sites (tertiary alicyclic amines) is 1. The first-order valence-corrected chi connectivity index (χ1v) is 9.11. The number of rotatable bonds is 5. The van der Waals surface area contributed by atoms with Crippen molar-refractivity contribution < 1.29 is 0 Å². The second-order valence-electron chi connectivity index (χ2n) is 5.50. The fourth-order valence-electron chi connectivity index (χ4n) is 2.91. The van der Waals surface area contributed by atoms with E-state index in [-0.39, 0.29) is 0 Å². The molecule has 1 saturated heterocycles. The number of hydrogen-bond donors (Lipinski definition) is 1. The fourth-order valence-corrected chi connectivity index (χ4v) is 4.62. The molecule has 1 atom stereocenters. The molecule has 108 valence electrons. The Kier molecular flexibility index (Phi) is 4.89. The molecule has 1 fully saturated rings. The molecule has 2 aromatic rings. The van der Waals surface area contributed by atoms with Gasteiger partial charge in [-0.3, -0.25) is 0 Å². The highest BCUT2D eigenvalue weighted by Gasteiger charge is 2.22. The molecule has 2 nitrogen and oxygen atoms in total. The summed E-state index contributed by atoms with van der Waals surface area (Å²) in [5, 5.41) is 8.15. The predicted molar refractivity (Wildman–Crippen MR) is 88.8 cm³/mol. The molecule has 20 heavy (non-hydrogen) atoms. The fraction of sp³-hybridized carbons (Fsp3) is 0.500. The summed E-state index contributed by atoms with van der Waals surface area (Å²) >= 11 is 3.69. The molecule has 0 radical (unpaired) electrons. The number of nitrogens with one attached hydrogen (secondary N) is 1. The van der Waals surface area contributed by atoms with Gasteiger partial charge in [0.05, 0.1) is 6.04 Å². The van der Waals surface area contributed by atoms with Crippen LogP contribution in [0.25, 0.3) is 0 Å². The van der Waals surface area contributed by atoms with Crippen LogP contribution in [-0.2, 0) is 0 Å². The largest absolute Gasteiger partial charge is 0.303 e. The van der Waals surface area contributed by atoms with Gasteiger partial charge in [-0.1, -0.05) is 18.6 Å². The van der Waals surface area contributed by atoms with Gasteiger partial charge in [-0.05, 0) is 49.3 Å². The van der Waals surface area contributed by atoms with Gasteiger partial charge in [-0.25, -0.2) is 0 Å². The summed E-state index contributed by atoms with van der Waals surface area (Å²) < 4.78 is 0. The van der Waals surface area contributed by atoms with Crippen molar-refractivity contribution in [1.29, 1.82) is 0 Å². The Morgan fingerprint density at radius 3 is 2.45 bits per heavy atom. The zero-order valence-corrected chi connectivity index (χ0v) is 13.6. The average Bonchev–Trinajstić information content (AvgIpc) is 3.14. The summed E-state index contributed by atoms with van der Waals surface area (Å²) in [6, 6.07) is 9.83. The topological polar surface area (TPSA) is 15.3 Å². The molecule has 4 heteroatoms. The van der Waals surface area contributed by atoms with Crippen molar-refractivity contribution in [3.05, 3.63) is 44.8 Å². The molecule has 3 heterocycles. The van der Waals surface area contributed by atoms with Crippen LogP contribution in [0.1, 0.15) is 35.1 Å². The molecule has 1 N–H and O–H groups in total. The Labute approximate surface area is 129 Å². The van der Waals surface area contributed by atoms with E-state index in [0.29, 0.717) is 12.1 Å². The lowest BCUT2D eigenvalue weighted by Crippen LogP contribution is -2.43. The first-order chi connectivity index (χ1) is 9.84. The van der Waals surface area contributed by atoms with Gasteiger partial charge in [0.15, 0.2) is 0 Å². The standard InChI is InChI=1S/C16H22N2S2/c1-18-9-3-2-6-13(18)12-17-16(14-7-4-10-19-14)15-8-5-11-20-15/h4-5,7-8,10-11,13,16-17H,2-3,6,9,12H2,1H3. The molecule has 0 aromatic carbocycles. The molecule has 1 aliphatic rings. The van der Waals surface area contributed by atoms with Gasteiger partial charge >= 0.3 is 0 Å². The number of hydrogen-bond acceptors (Lipinski definition) is 4. The minimum absolute atomic E-state index is 0.366. The molecule has 3 rings (SSSR count). The van der Waals surface area contributed by atoms with Crippen LogP contribution in [0, 0.1) is 0 Å². The lowest BCUT2D eigenvalue weighted by molar-refractivity contribution is 0.179. The molecule has 0 aliphatic carbocycles. The summed E-state index contributed by atoms with van der Waals surface area (Å²) in [4.78, 5) is 5.35. The molecular weight excluding hydrogens is 284 g/mol. The lowest BCUT2D eigenvalue weighted by atomic mass is 10.0. The highest BCUT2D eigenvalue weighted by atomic mass is 32.1. The maximum absolute atomic E-state index is 3.80. The molecule has 0 spiro atoms. The predicted octanol–water partition coefficient (Wildman–Crippen LogP) is 3.97. The smallest absolute Gasteiger partial charge is 0.0765 e. The molecule has 0 amide bonds. The van der Waals surface area contributed by atoms with Gasteiger partial charge in [0.25, 0.3) is 0 Å². The first kappa shape index (κ1) is 14.3. The van der Waals surface area contributed by atoms with Gasteiger partial charge < -0.3 is 10.2 Å². The van der Waals surface area contributed by atoms with E-state index in [0.717, 1.165) is 6.54 Å². The Morgan fingerprint density at radius 1 is 1.20 bits per heavy atom. The van der Waals surface area contributed by atoms with Crippen LogP contribution in [0.15, 0.2) is 35.0 Å². The second-order valence-corrected chi connectivity index (χ2v) is 7.46. The van der Waals surface area contributed by atoms with Gasteiger partial charge in [-0.2, -0.15) is 0 Å². The van der Waals surface area contributed by atoms with E-state index < -0.39 is 0 Å². The molecule has 0 bridgehead atoms. The van der Waals surface area contributed by atoms with Gasteiger partial charge in [0.2, 0.25) is 0 Å². The third kappa shape index (κ3) is 3.31. The average molecular weight is 307 g/mol. The van der Waals surface area contributed by atoms with Crippen LogP contribution in [0.5, 0.6) is 0 Å². The maximum atomic E-state index is 3.80. The Bertz CT molecular complexity index is 458. The number of nitrogens with zero attached hydrogens (tertiary/aromatic N) is 1. The van der Waals surface area contributed by atoms with E-state index in [9.17, 15) is 0 Å². The normalized spacial score (nSPS) is 20.6. The van der Waals surface area contributed by atoms with Crippen LogP contribution in [0.4, 0.5) is 0 Å². The van der Waals surface area contributed by atoms with E-state index in [1.807, 2.05) is 22.7 Å². The maximum Gasteiger partial charge on any atom is 0.0765 e. The quantitative estimate of drug-likeness (QED) is 0.899. The summed E-state index contributed by atoms with van der Waals surface area (Å²) in [5.74, 6) is 0. The van der Waals surface area contributed by atoms with Crippen molar-refractivity contribution in [3.63, 3.8) is 0 Å². The van der Waals surface area contributed by atoms with Crippen molar-refractivity contribution >= 4 is 22.7 Å². The first-order valence-electron chi connectivity index (χ1n) is 7.35. The molecule has 2 aromatic heterocycles. The zero-order valence-electron chi connectivity index (χ0n) is 11.9. The SMILES string of the molecule is CN1CCCCC1CNC(c1cccs1)c1cccs1. The summed E-state index contributed by atoms with van der Waals surface area (Å²) in [6.45, 7) is 2.33. The number of thiophene rings is 2. The summed E-state index contributed by atoms with van der Waals surface area (Å²) in [5.41, 5.74) is 0. The van der Waals surface area contributed by atoms with Crippen molar-refractivity contribution in [1.82, 2.24) is 10.2 Å². The second kappa shape index (κ2) is 6.85. The Hall–Kier alpha value is -0.680. The van der Waals surface area contributed by atoms with Crippen LogP contribution >= 0.6 is 22.7 Å². The zero-order chi connectivity index (χ0) is 13.8. The number of likely N-dealkylation sites (N-methyl/N-ethyl adjacent to an activating group) is 1. The lowest BCUT2D eigenvalue weighted by Gasteiger charge is -2.33. The van der Waals surface area contributed by atoms with Crippen molar-refractivity contribution in [2.45, 2.75) is 31.3 Å². The Morgan fingerprint density at radius 2 is 1.90 bits per heavy atom. The van der Waals surface area contributed by atoms with E-state index in [4.69, 9.17) is 0 Å². The van der Waals surface area contributed by atoms with E-state index in [1.165, 1.54) is 35.6 Å². The van der Waals surface area contributed by atoms with Gasteiger partial charge in [-0.15, -0.1) is 22.7 Å². The van der Waals surface area contributed by atoms with Crippen molar-refractivity contribution in [2.75, 3.05) is 20.1 Å². The third-order valence-corrected chi connectivity index (χ3v) is 6.01. The van der Waals surface area contributed by atoms with E-state index >= 15 is 0 Å². The van der Waals surface area contributed by atoms with Crippen molar-refractivity contribution in [3.8, 4) is 0 Å². The van der Waals surface area contributed by atoms with Crippen LogP contribution in [0.3, 0.4) is 0 Å². The van der Waals surface area contributed by atoms with Crippen LogP contribution in [-0.4, -0.2) is 31.1 Å². The molecular formula is C16H22N2S2. The summed E-state index contributed by atoms with van der Waals surface area (Å²) in [7, 11) is 2.26. The van der Waals surface area contributed by atoms with Gasteiger partial charge in [0, 0.05) is 22.3 Å². The molecule has 0 saturated carbocycles. The monoisotopic (exact) mass is 306 g/mol. The molecule has 1 aliphatic heterocycles. The number of piperidine rings is 1. The van der Waals surface area contributed by atoms with Crippen molar-refractivity contribution in [2.24, 2.45) is 0 Å². The minimum atomic E-state index is 0.366. The molecule has 1 unspecified atom stereocenters. The summed E-state index contributed by atoms with van der Waals surface area (Å²) in [6.07, 6.45) is 4.05. The van der Waals surface area contributed by atoms with Gasteiger partial charge in [0.1, 0.15) is 0 Å². The Balaban J connectivity index is 1.68. The van der Waals surface area contributed by atoms with Crippen LogP contribution in [0.2, 0.25) is 0 Å².